The fourth-order valence-electron chi connectivity index (χ4n) is 2.73. The lowest BCUT2D eigenvalue weighted by molar-refractivity contribution is 0.413. The zero-order chi connectivity index (χ0) is 16.1. The number of aryl methyl sites for hydroxylation is 1. The number of unbranched alkanes of at least 4 members (excludes halogenated alkanes) is 1. The minimum Gasteiger partial charge on any atom is -0.497 e. The molecule has 0 radical (unpaired) electrons. The fourth-order valence-corrected chi connectivity index (χ4v) is 2.73. The van der Waals surface area contributed by atoms with E-state index in [9.17, 15) is 0 Å². The standard InChI is InChI=1S/C21H22O2/c1-3-4-7-17-11-10-16-8-5-6-9-20(16)21(17)23-19-14-12-18(22-2)13-15-19/h5-6,8-15H,3-4,7H2,1-2H3. The van der Waals surface area contributed by atoms with E-state index < -0.39 is 0 Å². The smallest absolute Gasteiger partial charge is 0.138 e. The number of rotatable bonds is 6. The Kier molecular flexibility index (Phi) is 4.82. The Morgan fingerprint density at radius 3 is 2.30 bits per heavy atom. The van der Waals surface area contributed by atoms with Crippen molar-refractivity contribution in [1.82, 2.24) is 0 Å². The number of hydrogen-bond donors (Lipinski definition) is 0. The van der Waals surface area contributed by atoms with E-state index in [0.717, 1.165) is 35.5 Å². The lowest BCUT2D eigenvalue weighted by Gasteiger charge is -2.14. The van der Waals surface area contributed by atoms with Crippen molar-refractivity contribution in [2.45, 2.75) is 26.2 Å². The van der Waals surface area contributed by atoms with Gasteiger partial charge in [-0.2, -0.15) is 0 Å². The van der Waals surface area contributed by atoms with Crippen LogP contribution in [0.1, 0.15) is 25.3 Å². The maximum absolute atomic E-state index is 6.26. The fraction of sp³-hybridized carbons (Fsp3) is 0.238. The Morgan fingerprint density at radius 1 is 0.826 bits per heavy atom. The molecule has 0 aliphatic heterocycles. The van der Waals surface area contributed by atoms with Crippen LogP contribution in [0.25, 0.3) is 10.8 Å². The highest BCUT2D eigenvalue weighted by atomic mass is 16.5. The number of fused-ring (bicyclic) bond motifs is 1. The van der Waals surface area contributed by atoms with E-state index in [1.807, 2.05) is 24.3 Å². The molecule has 0 saturated carbocycles. The summed E-state index contributed by atoms with van der Waals surface area (Å²) in [5.41, 5.74) is 1.27. The second kappa shape index (κ2) is 7.19. The normalized spacial score (nSPS) is 10.7. The summed E-state index contributed by atoms with van der Waals surface area (Å²) in [6, 6.07) is 20.5. The highest BCUT2D eigenvalue weighted by Gasteiger charge is 2.10. The van der Waals surface area contributed by atoms with E-state index in [-0.39, 0.29) is 0 Å². The van der Waals surface area contributed by atoms with Gasteiger partial charge in [0, 0.05) is 5.39 Å². The summed E-state index contributed by atoms with van der Waals surface area (Å²) in [7, 11) is 1.67. The molecule has 2 nitrogen and oxygen atoms in total. The second-order valence-electron chi connectivity index (χ2n) is 5.66. The van der Waals surface area contributed by atoms with Crippen molar-refractivity contribution in [3.05, 3.63) is 66.2 Å². The summed E-state index contributed by atoms with van der Waals surface area (Å²) < 4.78 is 11.5. The summed E-state index contributed by atoms with van der Waals surface area (Å²) in [6.07, 6.45) is 3.37. The molecule has 0 saturated heterocycles. The molecule has 3 aromatic rings. The van der Waals surface area contributed by atoms with Crippen LogP contribution in [0.4, 0.5) is 0 Å². The van der Waals surface area contributed by atoms with Gasteiger partial charge in [0.2, 0.25) is 0 Å². The van der Waals surface area contributed by atoms with E-state index in [1.54, 1.807) is 7.11 Å². The molecule has 0 aliphatic rings. The average Bonchev–Trinajstić information content (AvgIpc) is 2.61. The molecule has 118 valence electrons. The van der Waals surface area contributed by atoms with Crippen molar-refractivity contribution in [2.75, 3.05) is 7.11 Å². The largest absolute Gasteiger partial charge is 0.497 e. The highest BCUT2D eigenvalue weighted by molar-refractivity contribution is 5.89. The van der Waals surface area contributed by atoms with Gasteiger partial charge in [-0.25, -0.2) is 0 Å². The van der Waals surface area contributed by atoms with Gasteiger partial charge in [-0.15, -0.1) is 0 Å². The maximum Gasteiger partial charge on any atom is 0.138 e. The SMILES string of the molecule is CCCCc1ccc2ccccc2c1Oc1ccc(OC)cc1. The van der Waals surface area contributed by atoms with Crippen LogP contribution in [-0.2, 0) is 6.42 Å². The van der Waals surface area contributed by atoms with Crippen molar-refractivity contribution in [3.8, 4) is 17.2 Å². The number of benzene rings is 3. The molecule has 0 fully saturated rings. The van der Waals surface area contributed by atoms with Gasteiger partial charge in [0.1, 0.15) is 17.2 Å². The van der Waals surface area contributed by atoms with Crippen LogP contribution in [0.5, 0.6) is 17.2 Å². The predicted molar refractivity (Wildman–Crippen MR) is 95.6 cm³/mol. The quantitative estimate of drug-likeness (QED) is 0.557. The molecule has 0 spiro atoms. The van der Waals surface area contributed by atoms with Gasteiger partial charge in [0.25, 0.3) is 0 Å². The number of ether oxygens (including phenoxy) is 2. The average molecular weight is 306 g/mol. The molecule has 0 unspecified atom stereocenters. The van der Waals surface area contributed by atoms with Crippen LogP contribution in [0.3, 0.4) is 0 Å². The summed E-state index contributed by atoms with van der Waals surface area (Å²) >= 11 is 0. The molecule has 0 heterocycles. The van der Waals surface area contributed by atoms with Crippen molar-refractivity contribution in [2.24, 2.45) is 0 Å². The van der Waals surface area contributed by atoms with Gasteiger partial charge in [-0.1, -0.05) is 49.7 Å². The molecule has 0 bridgehead atoms. The monoisotopic (exact) mass is 306 g/mol. The van der Waals surface area contributed by atoms with Crippen LogP contribution in [0.2, 0.25) is 0 Å². The topological polar surface area (TPSA) is 18.5 Å². The third-order valence-corrected chi connectivity index (χ3v) is 4.04. The van der Waals surface area contributed by atoms with Crippen LogP contribution in [0, 0.1) is 0 Å². The molecule has 23 heavy (non-hydrogen) atoms. The summed E-state index contributed by atoms with van der Waals surface area (Å²) in [5, 5.41) is 2.37. The van der Waals surface area contributed by atoms with Crippen LogP contribution < -0.4 is 9.47 Å². The molecule has 0 aromatic heterocycles. The van der Waals surface area contributed by atoms with Gasteiger partial charge >= 0.3 is 0 Å². The Balaban J connectivity index is 2.01. The predicted octanol–water partition coefficient (Wildman–Crippen LogP) is 5.98. The highest BCUT2D eigenvalue weighted by Crippen LogP contribution is 2.35. The zero-order valence-electron chi connectivity index (χ0n) is 13.7. The molecular weight excluding hydrogens is 284 g/mol. The van der Waals surface area contributed by atoms with Crippen molar-refractivity contribution in [3.63, 3.8) is 0 Å². The minimum absolute atomic E-state index is 0.833. The zero-order valence-corrected chi connectivity index (χ0v) is 13.7. The third kappa shape index (κ3) is 3.48. The lowest BCUT2D eigenvalue weighted by Crippen LogP contribution is -1.94. The molecule has 0 aliphatic carbocycles. The molecule has 2 heteroatoms. The molecule has 3 aromatic carbocycles. The summed E-state index contributed by atoms with van der Waals surface area (Å²) in [6.45, 7) is 2.21. The Labute approximate surface area is 137 Å². The third-order valence-electron chi connectivity index (χ3n) is 4.04. The molecular formula is C21H22O2. The van der Waals surface area contributed by atoms with Gasteiger partial charge in [-0.3, -0.25) is 0 Å². The van der Waals surface area contributed by atoms with Gasteiger partial charge in [-0.05, 0) is 48.1 Å². The van der Waals surface area contributed by atoms with Gasteiger partial charge in [0.15, 0.2) is 0 Å². The van der Waals surface area contributed by atoms with E-state index in [1.165, 1.54) is 17.4 Å². The Bertz CT molecular complexity index is 775. The maximum atomic E-state index is 6.26. The van der Waals surface area contributed by atoms with Crippen LogP contribution >= 0.6 is 0 Å². The first kappa shape index (κ1) is 15.4. The van der Waals surface area contributed by atoms with Crippen molar-refractivity contribution in [1.29, 1.82) is 0 Å². The first-order chi connectivity index (χ1) is 11.3. The summed E-state index contributed by atoms with van der Waals surface area (Å²) in [4.78, 5) is 0. The number of hydrogen-bond acceptors (Lipinski definition) is 2. The van der Waals surface area contributed by atoms with Gasteiger partial charge < -0.3 is 9.47 Å². The van der Waals surface area contributed by atoms with Crippen LogP contribution in [0.15, 0.2) is 60.7 Å². The molecule has 0 atom stereocenters. The molecule has 3 rings (SSSR count). The van der Waals surface area contributed by atoms with E-state index in [4.69, 9.17) is 9.47 Å². The van der Waals surface area contributed by atoms with Gasteiger partial charge in [0.05, 0.1) is 7.11 Å². The number of methoxy groups -OCH3 is 1. The lowest BCUT2D eigenvalue weighted by atomic mass is 10.0. The minimum atomic E-state index is 0.833. The molecule has 0 amide bonds. The Hall–Kier alpha value is -2.48. The first-order valence-corrected chi connectivity index (χ1v) is 8.14. The first-order valence-electron chi connectivity index (χ1n) is 8.14. The molecule has 0 N–H and O–H groups in total. The van der Waals surface area contributed by atoms with E-state index in [2.05, 4.69) is 43.3 Å². The van der Waals surface area contributed by atoms with Crippen molar-refractivity contribution >= 4 is 10.8 Å². The van der Waals surface area contributed by atoms with E-state index >= 15 is 0 Å². The second-order valence-corrected chi connectivity index (χ2v) is 5.66. The van der Waals surface area contributed by atoms with Crippen LogP contribution in [-0.4, -0.2) is 7.11 Å². The van der Waals surface area contributed by atoms with Crippen molar-refractivity contribution < 1.29 is 9.47 Å². The summed E-state index contributed by atoms with van der Waals surface area (Å²) in [5.74, 6) is 2.64. The van der Waals surface area contributed by atoms with E-state index in [0.29, 0.717) is 0 Å². The Morgan fingerprint density at radius 2 is 1.57 bits per heavy atom.